The lowest BCUT2D eigenvalue weighted by atomic mass is 10.1. The third-order valence-electron chi connectivity index (χ3n) is 8.57. The maximum absolute atomic E-state index is 11.0. The number of hydrogen-bond acceptors (Lipinski definition) is 12. The Hall–Kier alpha value is -2.83. The molecule has 0 aliphatic carbocycles. The molecular weight excluding hydrogens is 934 g/mol. The van der Waals surface area contributed by atoms with E-state index in [2.05, 4.69) is 88.7 Å². The number of aliphatic hydroxyl groups is 1. The number of carbonyl (C=O) groups is 2. The van der Waals surface area contributed by atoms with Crippen LogP contribution in [0.2, 0.25) is 77.1 Å². The van der Waals surface area contributed by atoms with E-state index in [4.69, 9.17) is 31.5 Å². The maximum atomic E-state index is 11.0. The van der Waals surface area contributed by atoms with Gasteiger partial charge in [0.15, 0.2) is 5.78 Å². The van der Waals surface area contributed by atoms with Crippen molar-refractivity contribution in [1.29, 1.82) is 0 Å². The third-order valence-corrected chi connectivity index (χ3v) is 13.8. The number of alkyl halides is 1. The van der Waals surface area contributed by atoms with Crippen LogP contribution in [0.1, 0.15) is 60.4 Å². The van der Waals surface area contributed by atoms with E-state index < -0.39 is 36.4 Å². The smallest absolute Gasteiger partial charge is 0.248 e. The number of nitrogens with two attached hydrogens (primary N) is 1. The van der Waals surface area contributed by atoms with Gasteiger partial charge in [-0.05, 0) is 31.0 Å². The van der Waals surface area contributed by atoms with Gasteiger partial charge in [-0.25, -0.2) is 20.0 Å². The quantitative estimate of drug-likeness (QED) is 0.0422. The summed E-state index contributed by atoms with van der Waals surface area (Å²) in [6.45, 7) is 33.9. The summed E-state index contributed by atoms with van der Waals surface area (Å²) in [7, 11) is 0.233. The normalized spacial score (nSPS) is 12.7. The Morgan fingerprint density at radius 1 is 0.864 bits per heavy atom. The van der Waals surface area contributed by atoms with Crippen LogP contribution < -0.4 is 5.73 Å². The van der Waals surface area contributed by atoms with E-state index in [1.54, 1.807) is 57.6 Å². The molecule has 21 heteroatoms. The molecule has 0 radical (unpaired) electrons. The molecule has 3 aromatic heterocycles. The zero-order chi connectivity index (χ0) is 49.4. The van der Waals surface area contributed by atoms with Crippen molar-refractivity contribution in [2.75, 3.05) is 40.0 Å². The summed E-state index contributed by atoms with van der Waals surface area (Å²) in [6, 6.07) is 3.51. The molecule has 2 atom stereocenters. The van der Waals surface area contributed by atoms with E-state index in [1.807, 2.05) is 55.3 Å². The first-order chi connectivity index (χ1) is 29.8. The summed E-state index contributed by atoms with van der Waals surface area (Å²) < 4.78 is 20.0. The van der Waals surface area contributed by atoms with Gasteiger partial charge in [0.25, 0.3) is 0 Å². The number of hydroxylamine groups is 2. The minimum atomic E-state index is -1.03. The number of amides is 1. The average Bonchev–Trinajstić information content (AvgIpc) is 4.06. The molecule has 0 saturated heterocycles. The van der Waals surface area contributed by atoms with Gasteiger partial charge in [0.1, 0.15) is 31.5 Å². The maximum Gasteiger partial charge on any atom is 0.248 e. The largest absolute Gasteiger partial charge is 0.385 e. The number of ether oxygens (including phenoxy) is 3. The molecule has 4 N–H and O–H groups in total. The van der Waals surface area contributed by atoms with Gasteiger partial charge in [0.05, 0.1) is 31.5 Å². The Morgan fingerprint density at radius 3 is 1.76 bits per heavy atom. The number of H-pyrrole nitrogens is 1. The van der Waals surface area contributed by atoms with Crippen LogP contribution in [0, 0.1) is 11.8 Å². The van der Waals surface area contributed by atoms with Crippen LogP contribution in [0.3, 0.4) is 0 Å². The van der Waals surface area contributed by atoms with Crippen molar-refractivity contribution < 1.29 is 33.7 Å². The molecule has 1 aliphatic heterocycles. The van der Waals surface area contributed by atoms with Gasteiger partial charge in [0.2, 0.25) is 5.91 Å². The van der Waals surface area contributed by atoms with Gasteiger partial charge < -0.3 is 39.2 Å². The number of aromatic amines is 1. The predicted molar refractivity (Wildman–Crippen MR) is 284 cm³/mol. The molecule has 0 bridgehead atoms. The van der Waals surface area contributed by atoms with E-state index in [0.29, 0.717) is 37.5 Å². The van der Waals surface area contributed by atoms with Gasteiger partial charge in [-0.15, -0.1) is 12.4 Å². The van der Waals surface area contributed by atoms with E-state index in [9.17, 15) is 14.7 Å². The first-order valence-electron chi connectivity index (χ1n) is 22.0. The molecule has 3 aromatic rings. The zero-order valence-electron chi connectivity index (χ0n) is 42.5. The second-order valence-electron chi connectivity index (χ2n) is 19.3. The Balaban J connectivity index is -0.000000360. The number of imidazole rings is 3. The topological polar surface area (TPSA) is 197 Å². The number of aromatic nitrogens is 6. The predicted octanol–water partition coefficient (Wildman–Crippen LogP) is 10.0. The van der Waals surface area contributed by atoms with Gasteiger partial charge in [-0.3, -0.25) is 19.4 Å². The van der Waals surface area contributed by atoms with Crippen molar-refractivity contribution >= 4 is 65.6 Å². The summed E-state index contributed by atoms with van der Waals surface area (Å²) in [4.78, 5) is 45.0. The Labute approximate surface area is 413 Å². The third kappa shape index (κ3) is 40.3. The second-order valence-corrected chi connectivity index (χ2v) is 36.4. The summed E-state index contributed by atoms with van der Waals surface area (Å²) >= 11 is 5.32. The number of carbonyl (C=O) groups excluding carboxylic acids is 2. The lowest BCUT2D eigenvalue weighted by Crippen LogP contribution is -2.32. The Bertz CT molecular complexity index is 1630. The van der Waals surface area contributed by atoms with Gasteiger partial charge >= 0.3 is 0 Å². The molecule has 4 heterocycles. The summed E-state index contributed by atoms with van der Waals surface area (Å²) in [5.74, 6) is 0.809. The zero-order valence-corrected chi connectivity index (χ0v) is 47.1. The summed E-state index contributed by atoms with van der Waals surface area (Å²) in [5, 5.41) is 11.2. The van der Waals surface area contributed by atoms with E-state index in [-0.39, 0.29) is 43.4 Å². The number of allylic oxidation sites excluding steroid dienone is 1. The molecular formula is C45H91Cl2N9O7Si3. The van der Waals surface area contributed by atoms with Gasteiger partial charge in [-0.2, -0.15) is 0 Å². The molecule has 0 aromatic carbocycles. The van der Waals surface area contributed by atoms with Crippen LogP contribution >= 0.6 is 24.0 Å². The number of rotatable bonds is 20. The van der Waals surface area contributed by atoms with E-state index in [1.165, 1.54) is 24.3 Å². The highest BCUT2D eigenvalue weighted by atomic mass is 35.5. The number of ketones is 1. The molecule has 16 nitrogen and oxygen atoms in total. The first kappa shape index (κ1) is 69.7. The fourth-order valence-corrected chi connectivity index (χ4v) is 6.71. The van der Waals surface area contributed by atoms with Crippen LogP contribution in [0.15, 0.2) is 67.1 Å². The number of hydrogen-bond donors (Lipinski definition) is 3. The van der Waals surface area contributed by atoms with Gasteiger partial charge in [0, 0.05) is 107 Å². The minimum absolute atomic E-state index is 0. The Morgan fingerprint density at radius 2 is 1.41 bits per heavy atom. The van der Waals surface area contributed by atoms with Crippen LogP contribution in [0.25, 0.3) is 0 Å². The molecule has 4 rings (SSSR count). The molecule has 384 valence electrons. The number of nitrogens with zero attached hydrogens (tertiary/aromatic N) is 7. The lowest BCUT2D eigenvalue weighted by molar-refractivity contribution is -0.172. The molecule has 1 aliphatic rings. The lowest BCUT2D eigenvalue weighted by Gasteiger charge is -2.18. The van der Waals surface area contributed by atoms with Crippen LogP contribution in [0.4, 0.5) is 0 Å². The van der Waals surface area contributed by atoms with Crippen molar-refractivity contribution in [3.8, 4) is 0 Å². The van der Waals surface area contributed by atoms with E-state index >= 15 is 0 Å². The monoisotopic (exact) mass is 1020 g/mol. The minimum Gasteiger partial charge on any atom is -0.385 e. The highest BCUT2D eigenvalue weighted by Gasteiger charge is 2.19. The number of Topliss-reactive ketones (excluding diaryl/α,β-unsaturated/α-hetero) is 1. The number of aliphatic imine (C=N–C) groups is 1. The van der Waals surface area contributed by atoms with E-state index in [0.717, 1.165) is 25.9 Å². The fraction of sp³-hybridized carbons (Fsp3) is 0.689. The van der Waals surface area contributed by atoms with Crippen LogP contribution in [-0.2, 0) is 42.1 Å². The average molecular weight is 1030 g/mol. The summed E-state index contributed by atoms with van der Waals surface area (Å²) in [5.41, 5.74) is 5.94. The molecule has 1 unspecified atom stereocenters. The van der Waals surface area contributed by atoms with Crippen molar-refractivity contribution in [2.45, 2.75) is 151 Å². The van der Waals surface area contributed by atoms with Crippen molar-refractivity contribution in [3.05, 3.63) is 67.9 Å². The van der Waals surface area contributed by atoms with Crippen LogP contribution in [-0.4, -0.2) is 127 Å². The molecule has 0 spiro atoms. The standard InChI is InChI=1S/C13H26N2O2Si.C9H18N2OSi.C7H10N2O.C6H15ClOSi.C6H13NO2.C3H4N2.CH4.ClH/c1-11(2)12(16)13-14-6-7-15(13)10-17-8-9-18(3,4)5;1-13(2,3)7-6-12-9-11-5-4-10-8-11;1-5(8)7(10)6-3-2-4-9-6;1-9(2,3)5-4-8-6-7;1-5(2)6(8)7(3)9-4;1-2-5-3-4-1;;/h6-7,11-12,16H,8-10H2,1-5H3;4-5,8H,6-7,9H2,1-3H3;2,4-5H,3,8H2,1H3;4-6H2,1-3H3;5H,1-4H3;1-3H,(H,4,5);1H4;1H/t;;5-;;;;;/m..0...../s1. The molecule has 0 fully saturated rings. The van der Waals surface area contributed by atoms with Crippen molar-refractivity contribution in [2.24, 2.45) is 22.6 Å². The SMILES string of the molecule is C.CC(C)C(O)c1nccn1COCC[Si](C)(C)C.CON(C)C(=O)C(C)C.C[C@H](N)C(=O)C1=NC=CC1.C[Si](C)(C)CCOCCl.C[Si](C)(C)CCOCn1ccnc1.Cl.c1c[nH]cn1. The number of halogens is 2. The van der Waals surface area contributed by atoms with Crippen molar-refractivity contribution in [3.63, 3.8) is 0 Å². The highest BCUT2D eigenvalue weighted by molar-refractivity contribution is 6.76. The highest BCUT2D eigenvalue weighted by Crippen LogP contribution is 2.20. The number of aliphatic hydroxyl groups excluding tert-OH is 1. The Kier molecular flexibility index (Phi) is 41.3. The number of nitrogens with one attached hydrogen (secondary N) is 1. The second kappa shape index (κ2) is 39.1. The van der Waals surface area contributed by atoms with Crippen LogP contribution in [0.5, 0.6) is 0 Å². The molecule has 0 saturated carbocycles. The van der Waals surface area contributed by atoms with Gasteiger partial charge in [-0.1, -0.05) is 112 Å². The fourth-order valence-electron chi connectivity index (χ4n) is 4.34. The molecule has 66 heavy (non-hydrogen) atoms. The first-order valence-corrected chi connectivity index (χ1v) is 33.6. The summed E-state index contributed by atoms with van der Waals surface area (Å²) in [6.07, 6.45) is 17.7. The molecule has 1 amide bonds. The van der Waals surface area contributed by atoms with Crippen molar-refractivity contribution in [1.82, 2.24) is 34.1 Å².